The Bertz CT molecular complexity index is 596. The van der Waals surface area contributed by atoms with Crippen molar-refractivity contribution in [1.82, 2.24) is 16.0 Å². The van der Waals surface area contributed by atoms with Gasteiger partial charge in [-0.1, -0.05) is 13.8 Å². The van der Waals surface area contributed by atoms with Gasteiger partial charge in [0, 0.05) is 0 Å². The van der Waals surface area contributed by atoms with E-state index in [4.69, 9.17) is 16.6 Å². The molecule has 0 rings (SSSR count). The number of nitrogens with one attached hydrogen (secondary N) is 3. The first-order chi connectivity index (χ1) is 12.9. The summed E-state index contributed by atoms with van der Waals surface area (Å²) in [5, 5.41) is 24.9. The average Bonchev–Trinajstić information content (AvgIpc) is 2.57. The predicted molar refractivity (Wildman–Crippen MR) is 97.4 cm³/mol. The van der Waals surface area contributed by atoms with Crippen LogP contribution in [0, 0.1) is 5.92 Å². The predicted octanol–water partition coefficient (Wildman–Crippen LogP) is -3.21. The molecule has 0 saturated carbocycles. The van der Waals surface area contributed by atoms with Crippen LogP contribution >= 0.6 is 0 Å². The highest BCUT2D eigenvalue weighted by molar-refractivity contribution is 5.94. The van der Waals surface area contributed by atoms with E-state index in [1.807, 2.05) is 13.8 Å². The molecule has 0 aromatic carbocycles. The standard InChI is InChI=1S/C16H29N5O7/c1-7(2)4-9(17)14(25)21-11(6-22)15(26)19-8(3)13(24)20-10(16(27)28)5-12(18)23/h7-11,22H,4-6,17H2,1-3H3,(H2,18,23)(H,19,26)(H,20,24)(H,21,25)(H,27,28). The number of aliphatic hydroxyl groups excluding tert-OH is 1. The lowest BCUT2D eigenvalue weighted by Gasteiger charge is -2.22. The molecule has 4 atom stereocenters. The lowest BCUT2D eigenvalue weighted by atomic mass is 10.0. The second-order valence-electron chi connectivity index (χ2n) is 6.78. The summed E-state index contributed by atoms with van der Waals surface area (Å²) in [6.45, 7) is 4.26. The van der Waals surface area contributed by atoms with Crippen molar-refractivity contribution >= 4 is 29.6 Å². The maximum Gasteiger partial charge on any atom is 0.326 e. The van der Waals surface area contributed by atoms with Crippen LogP contribution < -0.4 is 27.4 Å². The van der Waals surface area contributed by atoms with Gasteiger partial charge >= 0.3 is 5.97 Å². The molecule has 160 valence electrons. The number of carbonyl (C=O) groups is 5. The van der Waals surface area contributed by atoms with E-state index in [1.54, 1.807) is 0 Å². The molecular formula is C16H29N5O7. The molecule has 0 aliphatic heterocycles. The third-order valence-corrected chi connectivity index (χ3v) is 3.65. The summed E-state index contributed by atoms with van der Waals surface area (Å²) < 4.78 is 0. The molecule has 4 amide bonds. The second kappa shape index (κ2) is 11.9. The molecule has 0 radical (unpaired) electrons. The maximum absolute atomic E-state index is 12.2. The fourth-order valence-electron chi connectivity index (χ4n) is 2.17. The molecule has 9 N–H and O–H groups in total. The highest BCUT2D eigenvalue weighted by Crippen LogP contribution is 2.03. The lowest BCUT2D eigenvalue weighted by molar-refractivity contribution is -0.143. The van der Waals surface area contributed by atoms with Crippen LogP contribution in [0.3, 0.4) is 0 Å². The number of primary amides is 1. The highest BCUT2D eigenvalue weighted by Gasteiger charge is 2.28. The van der Waals surface area contributed by atoms with Crippen LogP contribution in [-0.2, 0) is 24.0 Å². The van der Waals surface area contributed by atoms with E-state index in [0.717, 1.165) is 0 Å². The average molecular weight is 403 g/mol. The number of carbonyl (C=O) groups excluding carboxylic acids is 4. The van der Waals surface area contributed by atoms with Crippen molar-refractivity contribution in [2.45, 2.75) is 57.8 Å². The molecule has 0 heterocycles. The van der Waals surface area contributed by atoms with Crippen molar-refractivity contribution in [2.75, 3.05) is 6.61 Å². The van der Waals surface area contributed by atoms with Gasteiger partial charge < -0.3 is 37.6 Å². The van der Waals surface area contributed by atoms with Crippen molar-refractivity contribution in [1.29, 1.82) is 0 Å². The van der Waals surface area contributed by atoms with Crippen LogP contribution in [-0.4, -0.2) is 70.6 Å². The number of aliphatic hydroxyl groups is 1. The summed E-state index contributed by atoms with van der Waals surface area (Å²) in [7, 11) is 0. The third kappa shape index (κ3) is 9.28. The first kappa shape index (κ1) is 25.3. The van der Waals surface area contributed by atoms with Gasteiger partial charge in [-0.3, -0.25) is 19.2 Å². The quantitative estimate of drug-likeness (QED) is 0.175. The summed E-state index contributed by atoms with van der Waals surface area (Å²) in [6, 6.07) is -4.97. The Morgan fingerprint density at radius 1 is 0.893 bits per heavy atom. The first-order valence-corrected chi connectivity index (χ1v) is 8.67. The van der Waals surface area contributed by atoms with Crippen LogP contribution in [0.2, 0.25) is 0 Å². The molecule has 0 bridgehead atoms. The minimum atomic E-state index is -1.55. The molecular weight excluding hydrogens is 374 g/mol. The van der Waals surface area contributed by atoms with Gasteiger partial charge in [-0.05, 0) is 19.3 Å². The smallest absolute Gasteiger partial charge is 0.326 e. The van der Waals surface area contributed by atoms with Gasteiger partial charge in [-0.15, -0.1) is 0 Å². The van der Waals surface area contributed by atoms with E-state index >= 15 is 0 Å². The summed E-state index contributed by atoms with van der Waals surface area (Å²) in [6.07, 6.45) is -0.244. The van der Waals surface area contributed by atoms with E-state index in [2.05, 4.69) is 16.0 Å². The molecule has 28 heavy (non-hydrogen) atoms. The summed E-state index contributed by atoms with van der Waals surface area (Å²) in [4.78, 5) is 58.1. The maximum atomic E-state index is 12.2. The number of nitrogens with two attached hydrogens (primary N) is 2. The molecule has 0 aliphatic rings. The van der Waals surface area contributed by atoms with Gasteiger partial charge in [-0.25, -0.2) is 4.79 Å². The van der Waals surface area contributed by atoms with Gasteiger partial charge in [0.1, 0.15) is 18.1 Å². The Kier molecular flexibility index (Phi) is 10.7. The topological polar surface area (TPSA) is 214 Å². The zero-order valence-electron chi connectivity index (χ0n) is 16.1. The number of hydrogen-bond donors (Lipinski definition) is 7. The van der Waals surface area contributed by atoms with Crippen LogP contribution in [0.25, 0.3) is 0 Å². The molecule has 0 aliphatic carbocycles. The second-order valence-corrected chi connectivity index (χ2v) is 6.78. The van der Waals surface area contributed by atoms with Gasteiger partial charge in [0.2, 0.25) is 23.6 Å². The molecule has 12 heteroatoms. The Balaban J connectivity index is 4.82. The van der Waals surface area contributed by atoms with Crippen molar-refractivity contribution in [3.05, 3.63) is 0 Å². The monoisotopic (exact) mass is 403 g/mol. The van der Waals surface area contributed by atoms with Gasteiger partial charge in [0.05, 0.1) is 19.1 Å². The lowest BCUT2D eigenvalue weighted by Crippen LogP contribution is -2.57. The van der Waals surface area contributed by atoms with Crippen LogP contribution in [0.15, 0.2) is 0 Å². The minimum absolute atomic E-state index is 0.147. The Morgan fingerprint density at radius 2 is 1.43 bits per heavy atom. The first-order valence-electron chi connectivity index (χ1n) is 8.67. The molecule has 0 fully saturated rings. The normalized spacial score (nSPS) is 15.1. The van der Waals surface area contributed by atoms with Crippen LogP contribution in [0.5, 0.6) is 0 Å². The van der Waals surface area contributed by atoms with E-state index in [9.17, 15) is 29.1 Å². The molecule has 12 nitrogen and oxygen atoms in total. The molecule has 0 saturated heterocycles. The number of carboxylic acid groups (broad SMARTS) is 1. The highest BCUT2D eigenvalue weighted by atomic mass is 16.4. The molecule has 0 aromatic heterocycles. The summed E-state index contributed by atoms with van der Waals surface area (Å²) in [5.41, 5.74) is 10.6. The van der Waals surface area contributed by atoms with Crippen molar-refractivity contribution < 1.29 is 34.2 Å². The molecule has 0 spiro atoms. The number of amides is 4. The van der Waals surface area contributed by atoms with Crippen LogP contribution in [0.4, 0.5) is 0 Å². The van der Waals surface area contributed by atoms with E-state index in [-0.39, 0.29) is 5.92 Å². The molecule has 4 unspecified atom stereocenters. The van der Waals surface area contributed by atoms with Gasteiger partial charge in [-0.2, -0.15) is 0 Å². The largest absolute Gasteiger partial charge is 0.480 e. The van der Waals surface area contributed by atoms with Gasteiger partial charge in [0.15, 0.2) is 0 Å². The van der Waals surface area contributed by atoms with Crippen LogP contribution in [0.1, 0.15) is 33.6 Å². The zero-order chi connectivity index (χ0) is 22.0. The number of rotatable bonds is 12. The number of carboxylic acids is 1. The SMILES string of the molecule is CC(C)CC(N)C(=O)NC(CO)C(=O)NC(C)C(=O)NC(CC(N)=O)C(=O)O. The van der Waals surface area contributed by atoms with Crippen molar-refractivity contribution in [3.8, 4) is 0 Å². The van der Waals surface area contributed by atoms with Crippen molar-refractivity contribution in [3.63, 3.8) is 0 Å². The fourth-order valence-corrected chi connectivity index (χ4v) is 2.17. The molecule has 0 aromatic rings. The van der Waals surface area contributed by atoms with E-state index < -0.39 is 66.8 Å². The summed E-state index contributed by atoms with van der Waals surface area (Å²) in [5.74, 6) is -4.63. The van der Waals surface area contributed by atoms with Gasteiger partial charge in [0.25, 0.3) is 0 Å². The number of hydrogen-bond acceptors (Lipinski definition) is 7. The Morgan fingerprint density at radius 3 is 1.86 bits per heavy atom. The Hall–Kier alpha value is -2.73. The van der Waals surface area contributed by atoms with E-state index in [1.165, 1.54) is 6.92 Å². The summed E-state index contributed by atoms with van der Waals surface area (Å²) >= 11 is 0. The van der Waals surface area contributed by atoms with E-state index in [0.29, 0.717) is 6.42 Å². The Labute approximate surface area is 162 Å². The van der Waals surface area contributed by atoms with Crippen molar-refractivity contribution in [2.24, 2.45) is 17.4 Å². The zero-order valence-corrected chi connectivity index (χ0v) is 16.1. The minimum Gasteiger partial charge on any atom is -0.480 e. The number of aliphatic carboxylic acids is 1. The third-order valence-electron chi connectivity index (χ3n) is 3.65. The fraction of sp³-hybridized carbons (Fsp3) is 0.688.